The van der Waals surface area contributed by atoms with Gasteiger partial charge in [0.15, 0.2) is 0 Å². The fourth-order valence-electron chi connectivity index (χ4n) is 1.54. The van der Waals surface area contributed by atoms with Gasteiger partial charge in [0.2, 0.25) is 0 Å². The van der Waals surface area contributed by atoms with Gasteiger partial charge in [0.25, 0.3) is 0 Å². The lowest BCUT2D eigenvalue weighted by molar-refractivity contribution is -0.165. The van der Waals surface area contributed by atoms with Crippen molar-refractivity contribution in [3.8, 4) is 5.75 Å². The smallest absolute Gasteiger partial charge is 0.433 e. The molecule has 1 aliphatic heterocycles. The molecular weight excluding hydrogens is 249 g/mol. The molecule has 0 fully saturated rings. The molecule has 0 unspecified atom stereocenters. The van der Waals surface area contributed by atoms with E-state index in [4.69, 9.17) is 0 Å². The maximum Gasteiger partial charge on any atom is 0.433 e. The number of rotatable bonds is 2. The van der Waals surface area contributed by atoms with Crippen LogP contribution in [0, 0.1) is 5.82 Å². The molecule has 0 saturated carbocycles. The zero-order chi connectivity index (χ0) is 13.3. The van der Waals surface area contributed by atoms with Crippen molar-refractivity contribution in [1.82, 2.24) is 0 Å². The minimum absolute atomic E-state index is 0.0394. The maximum atomic E-state index is 13.5. The standard InChI is InChI=1S/C12H9F3O3/c1-2-17-11(16)9-6-7-5-8(13)3-4-10(7)18-12(9,14)15/h3-6H,2H2,1H3. The third-order valence-electron chi connectivity index (χ3n) is 2.32. The van der Waals surface area contributed by atoms with Gasteiger partial charge in [0, 0.05) is 5.56 Å². The second-order valence-electron chi connectivity index (χ2n) is 3.58. The summed E-state index contributed by atoms with van der Waals surface area (Å²) in [6.07, 6.45) is -2.91. The summed E-state index contributed by atoms with van der Waals surface area (Å²) >= 11 is 0. The number of hydrogen-bond acceptors (Lipinski definition) is 3. The van der Waals surface area contributed by atoms with Crippen molar-refractivity contribution in [3.63, 3.8) is 0 Å². The molecule has 2 rings (SSSR count). The van der Waals surface area contributed by atoms with Gasteiger partial charge < -0.3 is 9.47 Å². The minimum atomic E-state index is -3.78. The summed E-state index contributed by atoms with van der Waals surface area (Å²) in [5, 5.41) is 0. The SMILES string of the molecule is CCOC(=O)C1=Cc2cc(F)ccc2OC1(F)F. The Bertz CT molecular complexity index is 523. The van der Waals surface area contributed by atoms with Crippen molar-refractivity contribution in [2.75, 3.05) is 6.61 Å². The summed E-state index contributed by atoms with van der Waals surface area (Å²) in [6.45, 7) is 1.45. The lowest BCUT2D eigenvalue weighted by Gasteiger charge is -2.25. The van der Waals surface area contributed by atoms with Crippen molar-refractivity contribution in [1.29, 1.82) is 0 Å². The molecule has 0 bridgehead atoms. The Kier molecular flexibility index (Phi) is 3.02. The molecule has 1 heterocycles. The summed E-state index contributed by atoms with van der Waals surface area (Å²) in [4.78, 5) is 11.4. The van der Waals surface area contributed by atoms with E-state index >= 15 is 0 Å². The second-order valence-corrected chi connectivity index (χ2v) is 3.58. The third kappa shape index (κ3) is 2.18. The fraction of sp³-hybridized carbons (Fsp3) is 0.250. The van der Waals surface area contributed by atoms with Gasteiger partial charge in [-0.3, -0.25) is 0 Å². The van der Waals surface area contributed by atoms with Gasteiger partial charge in [0.1, 0.15) is 17.1 Å². The topological polar surface area (TPSA) is 35.5 Å². The number of hydrogen-bond donors (Lipinski definition) is 0. The molecule has 18 heavy (non-hydrogen) atoms. The zero-order valence-electron chi connectivity index (χ0n) is 9.38. The van der Waals surface area contributed by atoms with Gasteiger partial charge in [-0.25, -0.2) is 9.18 Å². The molecule has 96 valence electrons. The lowest BCUT2D eigenvalue weighted by atomic mass is 10.1. The van der Waals surface area contributed by atoms with Crippen molar-refractivity contribution >= 4 is 12.0 Å². The average molecular weight is 258 g/mol. The van der Waals surface area contributed by atoms with E-state index in [2.05, 4.69) is 9.47 Å². The molecule has 0 atom stereocenters. The number of esters is 1. The summed E-state index contributed by atoms with van der Waals surface area (Å²) < 4.78 is 48.9. The van der Waals surface area contributed by atoms with Crippen molar-refractivity contribution in [2.24, 2.45) is 0 Å². The molecule has 0 amide bonds. The normalized spacial score (nSPS) is 16.3. The molecule has 0 saturated heterocycles. The maximum absolute atomic E-state index is 13.5. The summed E-state index contributed by atoms with van der Waals surface area (Å²) in [5.74, 6) is -1.98. The second kappa shape index (κ2) is 4.36. The number of fused-ring (bicyclic) bond motifs is 1. The number of ether oxygens (including phenoxy) is 2. The Labute approximate surface area is 101 Å². The number of carbonyl (C=O) groups excluding carboxylic acids is 1. The van der Waals surface area contributed by atoms with E-state index in [1.54, 1.807) is 0 Å². The van der Waals surface area contributed by atoms with Gasteiger partial charge >= 0.3 is 12.1 Å². The highest BCUT2D eigenvalue weighted by Gasteiger charge is 2.45. The molecular formula is C12H9F3O3. The van der Waals surface area contributed by atoms with Crippen LogP contribution in [-0.4, -0.2) is 18.7 Å². The lowest BCUT2D eigenvalue weighted by Crippen LogP contribution is -2.35. The highest BCUT2D eigenvalue weighted by molar-refractivity contribution is 5.96. The molecule has 0 radical (unpaired) electrons. The van der Waals surface area contributed by atoms with Crippen LogP contribution < -0.4 is 4.74 Å². The van der Waals surface area contributed by atoms with Crippen LogP contribution in [0.4, 0.5) is 13.2 Å². The molecule has 0 spiro atoms. The van der Waals surface area contributed by atoms with Gasteiger partial charge in [-0.15, -0.1) is 0 Å². The molecule has 3 nitrogen and oxygen atoms in total. The molecule has 1 aromatic carbocycles. The van der Waals surface area contributed by atoms with Gasteiger partial charge in [-0.05, 0) is 31.2 Å². The summed E-state index contributed by atoms with van der Waals surface area (Å²) in [7, 11) is 0. The van der Waals surface area contributed by atoms with Crippen LogP contribution in [0.5, 0.6) is 5.75 Å². The molecule has 0 aromatic heterocycles. The predicted molar refractivity (Wildman–Crippen MR) is 56.6 cm³/mol. The first-order valence-electron chi connectivity index (χ1n) is 5.19. The van der Waals surface area contributed by atoms with Crippen molar-refractivity contribution < 1.29 is 27.4 Å². The Hall–Kier alpha value is -1.98. The highest BCUT2D eigenvalue weighted by atomic mass is 19.3. The Balaban J connectivity index is 2.46. The summed E-state index contributed by atoms with van der Waals surface area (Å²) in [6, 6.07) is 3.08. The van der Waals surface area contributed by atoms with Crippen LogP contribution in [-0.2, 0) is 9.53 Å². The van der Waals surface area contributed by atoms with Crippen LogP contribution >= 0.6 is 0 Å². The van der Waals surface area contributed by atoms with Crippen LogP contribution in [0.1, 0.15) is 12.5 Å². The minimum Gasteiger partial charge on any atom is -0.462 e. The van der Waals surface area contributed by atoms with Crippen LogP contribution in [0.25, 0.3) is 6.08 Å². The van der Waals surface area contributed by atoms with Crippen LogP contribution in [0.3, 0.4) is 0 Å². The Morgan fingerprint density at radius 2 is 2.17 bits per heavy atom. The summed E-state index contributed by atoms with van der Waals surface area (Å²) in [5.41, 5.74) is -0.869. The molecule has 6 heteroatoms. The number of halogens is 3. The number of benzene rings is 1. The Morgan fingerprint density at radius 1 is 1.44 bits per heavy atom. The van der Waals surface area contributed by atoms with Gasteiger partial charge in [-0.2, -0.15) is 8.78 Å². The van der Waals surface area contributed by atoms with E-state index in [-0.39, 0.29) is 17.9 Å². The van der Waals surface area contributed by atoms with Crippen LogP contribution in [0.2, 0.25) is 0 Å². The van der Waals surface area contributed by atoms with E-state index in [0.29, 0.717) is 0 Å². The predicted octanol–water partition coefficient (Wildman–Crippen LogP) is 2.76. The molecule has 1 aliphatic rings. The molecule has 0 N–H and O–H groups in total. The Morgan fingerprint density at radius 3 is 2.83 bits per heavy atom. The van der Waals surface area contributed by atoms with E-state index in [9.17, 15) is 18.0 Å². The number of alkyl halides is 2. The monoisotopic (exact) mass is 258 g/mol. The number of carbonyl (C=O) groups is 1. The highest BCUT2D eigenvalue weighted by Crippen LogP contribution is 2.38. The van der Waals surface area contributed by atoms with E-state index in [1.165, 1.54) is 6.92 Å². The molecule has 1 aromatic rings. The van der Waals surface area contributed by atoms with Crippen molar-refractivity contribution in [2.45, 2.75) is 13.0 Å². The van der Waals surface area contributed by atoms with E-state index in [0.717, 1.165) is 24.3 Å². The average Bonchev–Trinajstić information content (AvgIpc) is 2.28. The van der Waals surface area contributed by atoms with E-state index < -0.39 is 23.5 Å². The largest absolute Gasteiger partial charge is 0.462 e. The van der Waals surface area contributed by atoms with Crippen molar-refractivity contribution in [3.05, 3.63) is 35.2 Å². The first-order valence-corrected chi connectivity index (χ1v) is 5.19. The quantitative estimate of drug-likeness (QED) is 0.765. The first kappa shape index (κ1) is 12.5. The third-order valence-corrected chi connectivity index (χ3v) is 2.32. The zero-order valence-corrected chi connectivity index (χ0v) is 9.38. The van der Waals surface area contributed by atoms with E-state index in [1.807, 2.05) is 0 Å². The first-order chi connectivity index (χ1) is 8.44. The molecule has 0 aliphatic carbocycles. The van der Waals surface area contributed by atoms with Crippen LogP contribution in [0.15, 0.2) is 23.8 Å². The fourth-order valence-corrected chi connectivity index (χ4v) is 1.54. The van der Waals surface area contributed by atoms with Gasteiger partial charge in [-0.1, -0.05) is 0 Å². The van der Waals surface area contributed by atoms with Gasteiger partial charge in [0.05, 0.1) is 6.61 Å².